The quantitative estimate of drug-likeness (QED) is 0.775. The van der Waals surface area contributed by atoms with E-state index in [1.807, 2.05) is 12.3 Å². The van der Waals surface area contributed by atoms with Crippen molar-refractivity contribution < 1.29 is 9.13 Å². The Morgan fingerprint density at radius 3 is 3.00 bits per heavy atom. The first-order valence-corrected chi connectivity index (χ1v) is 5.20. The van der Waals surface area contributed by atoms with E-state index in [-0.39, 0.29) is 5.69 Å². The lowest BCUT2D eigenvalue weighted by Gasteiger charge is -2.03. The maximum absolute atomic E-state index is 13.2. The molecule has 0 spiro atoms. The van der Waals surface area contributed by atoms with Gasteiger partial charge < -0.3 is 10.5 Å². The van der Waals surface area contributed by atoms with Crippen molar-refractivity contribution in [1.29, 1.82) is 0 Å². The number of nitrogen functional groups attached to an aromatic ring is 1. The van der Waals surface area contributed by atoms with E-state index in [4.69, 9.17) is 10.5 Å². The monoisotopic (exact) mass is 211 g/mol. The zero-order valence-corrected chi connectivity index (χ0v) is 8.53. The van der Waals surface area contributed by atoms with Crippen LogP contribution in [-0.2, 0) is 0 Å². The van der Waals surface area contributed by atoms with Crippen molar-refractivity contribution in [2.75, 3.05) is 12.3 Å². The lowest BCUT2D eigenvalue weighted by atomic mass is 10.2. The Morgan fingerprint density at radius 1 is 1.50 bits per heavy atom. The van der Waals surface area contributed by atoms with E-state index in [0.29, 0.717) is 17.7 Å². The first-order valence-electron chi connectivity index (χ1n) is 4.32. The molecular weight excluding hydrogens is 201 g/mol. The van der Waals surface area contributed by atoms with E-state index in [9.17, 15) is 4.39 Å². The average molecular weight is 211 g/mol. The molecule has 0 saturated carbocycles. The molecule has 2 nitrogen and oxygen atoms in total. The fraction of sp³-hybridized carbons (Fsp3) is 0.200. The maximum atomic E-state index is 13.2. The standard InChI is InChI=1S/C10H10FNOS/c1-2-13-7-5-14-8-4-3-6(11)10(12)9(7)8/h3-5H,2,12H2,1H3. The van der Waals surface area contributed by atoms with Crippen molar-refractivity contribution in [1.82, 2.24) is 0 Å². The largest absolute Gasteiger partial charge is 0.492 e. The van der Waals surface area contributed by atoms with Gasteiger partial charge in [0.1, 0.15) is 11.6 Å². The summed E-state index contributed by atoms with van der Waals surface area (Å²) in [5.41, 5.74) is 5.82. The number of benzene rings is 1. The minimum atomic E-state index is -0.392. The van der Waals surface area contributed by atoms with Crippen LogP contribution in [0.1, 0.15) is 6.92 Å². The van der Waals surface area contributed by atoms with E-state index in [0.717, 1.165) is 4.70 Å². The summed E-state index contributed by atoms with van der Waals surface area (Å²) in [5, 5.41) is 2.54. The molecule has 0 aliphatic heterocycles. The van der Waals surface area contributed by atoms with Gasteiger partial charge in [-0.05, 0) is 19.1 Å². The SMILES string of the molecule is CCOc1csc2ccc(F)c(N)c12. The lowest BCUT2D eigenvalue weighted by molar-refractivity contribution is 0.345. The minimum Gasteiger partial charge on any atom is -0.492 e. The number of fused-ring (bicyclic) bond motifs is 1. The second kappa shape index (κ2) is 3.46. The smallest absolute Gasteiger partial charge is 0.146 e. The number of ether oxygens (including phenoxy) is 1. The van der Waals surface area contributed by atoms with Crippen LogP contribution < -0.4 is 10.5 Å². The molecular formula is C10H10FNOS. The molecule has 0 amide bonds. The van der Waals surface area contributed by atoms with Crippen LogP contribution in [0.25, 0.3) is 10.1 Å². The van der Waals surface area contributed by atoms with Crippen LogP contribution in [0, 0.1) is 5.82 Å². The van der Waals surface area contributed by atoms with Gasteiger partial charge >= 0.3 is 0 Å². The molecule has 14 heavy (non-hydrogen) atoms. The first-order chi connectivity index (χ1) is 6.74. The number of anilines is 1. The van der Waals surface area contributed by atoms with Crippen molar-refractivity contribution in [2.45, 2.75) is 6.92 Å². The molecule has 0 bridgehead atoms. The van der Waals surface area contributed by atoms with Gasteiger partial charge in [0.2, 0.25) is 0 Å². The van der Waals surface area contributed by atoms with E-state index < -0.39 is 5.82 Å². The summed E-state index contributed by atoms with van der Waals surface area (Å²) < 4.78 is 19.5. The normalized spacial score (nSPS) is 10.7. The number of hydrogen-bond donors (Lipinski definition) is 1. The van der Waals surface area contributed by atoms with E-state index >= 15 is 0 Å². The molecule has 0 aliphatic carbocycles. The van der Waals surface area contributed by atoms with Gasteiger partial charge in [-0.25, -0.2) is 4.39 Å². The van der Waals surface area contributed by atoms with E-state index in [1.165, 1.54) is 17.4 Å². The molecule has 0 fully saturated rings. The molecule has 0 unspecified atom stereocenters. The van der Waals surface area contributed by atoms with Crippen LogP contribution in [-0.4, -0.2) is 6.61 Å². The number of rotatable bonds is 2. The van der Waals surface area contributed by atoms with E-state index in [2.05, 4.69) is 0 Å². The van der Waals surface area contributed by atoms with Crippen molar-refractivity contribution >= 4 is 27.1 Å². The third-order valence-electron chi connectivity index (χ3n) is 1.99. The molecule has 0 radical (unpaired) electrons. The highest BCUT2D eigenvalue weighted by atomic mass is 32.1. The Balaban J connectivity index is 2.69. The van der Waals surface area contributed by atoms with Gasteiger partial charge in [-0.15, -0.1) is 11.3 Å². The van der Waals surface area contributed by atoms with Crippen LogP contribution in [0.2, 0.25) is 0 Å². The topological polar surface area (TPSA) is 35.2 Å². The van der Waals surface area contributed by atoms with Crippen molar-refractivity contribution in [3.8, 4) is 5.75 Å². The number of halogens is 1. The van der Waals surface area contributed by atoms with Gasteiger partial charge in [-0.1, -0.05) is 0 Å². The second-order valence-corrected chi connectivity index (χ2v) is 3.78. The molecule has 0 aliphatic rings. The Hall–Kier alpha value is -1.29. The third-order valence-corrected chi connectivity index (χ3v) is 2.92. The molecule has 2 rings (SSSR count). The summed E-state index contributed by atoms with van der Waals surface area (Å²) in [6, 6.07) is 3.10. The van der Waals surface area contributed by atoms with Crippen LogP contribution in [0.3, 0.4) is 0 Å². The zero-order chi connectivity index (χ0) is 10.1. The first kappa shape index (κ1) is 9.27. The van der Waals surface area contributed by atoms with Crippen molar-refractivity contribution in [3.05, 3.63) is 23.3 Å². The predicted octanol–water partition coefficient (Wildman–Crippen LogP) is 3.02. The van der Waals surface area contributed by atoms with Crippen LogP contribution in [0.15, 0.2) is 17.5 Å². The molecule has 0 atom stereocenters. The van der Waals surface area contributed by atoms with Gasteiger partial charge in [0, 0.05) is 10.1 Å². The predicted molar refractivity (Wildman–Crippen MR) is 57.4 cm³/mol. The van der Waals surface area contributed by atoms with Gasteiger partial charge in [0.25, 0.3) is 0 Å². The maximum Gasteiger partial charge on any atom is 0.146 e. The summed E-state index contributed by atoms with van der Waals surface area (Å²) in [5.74, 6) is 0.279. The zero-order valence-electron chi connectivity index (χ0n) is 7.71. The second-order valence-electron chi connectivity index (χ2n) is 2.87. The Bertz CT molecular complexity index is 466. The molecule has 4 heteroatoms. The van der Waals surface area contributed by atoms with Crippen molar-refractivity contribution in [3.63, 3.8) is 0 Å². The summed E-state index contributed by atoms with van der Waals surface area (Å²) in [6.07, 6.45) is 0. The summed E-state index contributed by atoms with van der Waals surface area (Å²) >= 11 is 1.51. The Kier molecular flexibility index (Phi) is 2.29. The van der Waals surface area contributed by atoms with Crippen molar-refractivity contribution in [2.24, 2.45) is 0 Å². The lowest BCUT2D eigenvalue weighted by Crippen LogP contribution is -1.94. The molecule has 2 aromatic rings. The van der Waals surface area contributed by atoms with Gasteiger partial charge in [0.15, 0.2) is 0 Å². The summed E-state index contributed by atoms with van der Waals surface area (Å²) in [4.78, 5) is 0. The van der Waals surface area contributed by atoms with Gasteiger partial charge in [0.05, 0.1) is 17.7 Å². The summed E-state index contributed by atoms with van der Waals surface area (Å²) in [7, 11) is 0. The minimum absolute atomic E-state index is 0.173. The molecule has 74 valence electrons. The van der Waals surface area contributed by atoms with E-state index in [1.54, 1.807) is 6.07 Å². The highest BCUT2D eigenvalue weighted by molar-refractivity contribution is 7.17. The number of thiophene rings is 1. The van der Waals surface area contributed by atoms with Crippen LogP contribution in [0.4, 0.5) is 10.1 Å². The number of hydrogen-bond acceptors (Lipinski definition) is 3. The summed E-state index contributed by atoms with van der Waals surface area (Å²) in [6.45, 7) is 2.45. The average Bonchev–Trinajstić information content (AvgIpc) is 2.57. The molecule has 0 saturated heterocycles. The van der Waals surface area contributed by atoms with Crippen LogP contribution in [0.5, 0.6) is 5.75 Å². The fourth-order valence-corrected chi connectivity index (χ4v) is 2.26. The Labute approximate surface area is 85.1 Å². The third kappa shape index (κ3) is 1.32. The van der Waals surface area contributed by atoms with Gasteiger partial charge in [-0.3, -0.25) is 0 Å². The fourth-order valence-electron chi connectivity index (χ4n) is 1.36. The highest BCUT2D eigenvalue weighted by Crippen LogP contribution is 2.37. The van der Waals surface area contributed by atoms with Gasteiger partial charge in [-0.2, -0.15) is 0 Å². The molecule has 1 heterocycles. The Morgan fingerprint density at radius 2 is 2.29 bits per heavy atom. The molecule has 2 N–H and O–H groups in total. The number of nitrogens with two attached hydrogens (primary N) is 1. The molecule has 1 aromatic heterocycles. The van der Waals surface area contributed by atoms with Crippen LogP contribution >= 0.6 is 11.3 Å². The molecule has 1 aromatic carbocycles. The highest BCUT2D eigenvalue weighted by Gasteiger charge is 2.11.